The van der Waals surface area contributed by atoms with Crippen LogP contribution in [0.1, 0.15) is 0 Å². The van der Waals surface area contributed by atoms with Crippen molar-refractivity contribution in [2.45, 2.75) is 0 Å². The molecule has 72 valence electrons. The first-order valence-corrected chi connectivity index (χ1v) is 5.47. The predicted molar refractivity (Wildman–Crippen MR) is 33.3 cm³/mol. The molecular weight excluding hydrogens is 220 g/mol. The van der Waals surface area contributed by atoms with Gasteiger partial charge in [0.05, 0.1) is 0 Å². The summed E-state index contributed by atoms with van der Waals surface area (Å²) in [7, 11) is -11.1. The molecule has 10 heteroatoms. The quantitative estimate of drug-likeness (QED) is 0.505. The summed E-state index contributed by atoms with van der Waals surface area (Å²) in [6.07, 6.45) is 0. The van der Waals surface area contributed by atoms with Crippen molar-refractivity contribution in [3.8, 4) is 0 Å². The molecule has 0 bridgehead atoms. The Balaban J connectivity index is 5.26. The molecule has 0 saturated carbocycles. The van der Waals surface area contributed by atoms with Crippen LogP contribution in [0.4, 0.5) is 8.78 Å². The molecule has 4 N–H and O–H groups in total. The van der Waals surface area contributed by atoms with Gasteiger partial charge in [-0.2, -0.15) is 8.78 Å². The molecule has 0 unspecified atom stereocenters. The molecule has 0 radical (unpaired) electrons. The molecular formula is C2H4F2O6P2. The average Bonchev–Trinajstić information content (AvgIpc) is 1.80. The molecule has 6 nitrogen and oxygen atoms in total. The summed E-state index contributed by atoms with van der Waals surface area (Å²) in [4.78, 5) is 31.7. The van der Waals surface area contributed by atoms with Crippen LogP contribution in [-0.4, -0.2) is 19.6 Å². The van der Waals surface area contributed by atoms with E-state index in [1.807, 2.05) is 0 Å². The minimum Gasteiger partial charge on any atom is -0.319 e. The Bertz CT molecular complexity index is 267. The number of hydrogen-bond acceptors (Lipinski definition) is 2. The highest BCUT2D eigenvalue weighted by Crippen LogP contribution is 2.57. The molecule has 12 heavy (non-hydrogen) atoms. The molecule has 0 heterocycles. The minimum atomic E-state index is -5.56. The zero-order valence-corrected chi connectivity index (χ0v) is 7.04. The summed E-state index contributed by atoms with van der Waals surface area (Å²) >= 11 is 0. The van der Waals surface area contributed by atoms with Crippen LogP contribution in [0, 0.1) is 0 Å². The minimum absolute atomic E-state index is 2.74. The molecule has 0 aromatic carbocycles. The molecule has 0 aliphatic rings. The van der Waals surface area contributed by atoms with Crippen LogP contribution in [0.2, 0.25) is 0 Å². The Morgan fingerprint density at radius 1 is 0.833 bits per heavy atom. The van der Waals surface area contributed by atoms with Crippen molar-refractivity contribution in [3.63, 3.8) is 0 Å². The van der Waals surface area contributed by atoms with E-state index >= 15 is 0 Å². The van der Waals surface area contributed by atoms with Gasteiger partial charge in [0.1, 0.15) is 0 Å². The van der Waals surface area contributed by atoms with Gasteiger partial charge in [-0.05, 0) is 0 Å². The van der Waals surface area contributed by atoms with Gasteiger partial charge in [-0.15, -0.1) is 0 Å². The highest BCUT2D eigenvalue weighted by atomic mass is 31.2. The molecule has 0 aromatic heterocycles. The van der Waals surface area contributed by atoms with Crippen LogP contribution in [0.25, 0.3) is 0 Å². The van der Waals surface area contributed by atoms with E-state index in [4.69, 9.17) is 19.6 Å². The van der Waals surface area contributed by atoms with Gasteiger partial charge in [0.15, 0.2) is 0 Å². The maximum absolute atomic E-state index is 12.0. The third-order valence-electron chi connectivity index (χ3n) is 0.682. The summed E-state index contributed by atoms with van der Waals surface area (Å²) in [5, 5.41) is 0. The van der Waals surface area contributed by atoms with E-state index in [0.29, 0.717) is 0 Å². The lowest BCUT2D eigenvalue weighted by Crippen LogP contribution is -1.86. The summed E-state index contributed by atoms with van der Waals surface area (Å²) in [6, 6.07) is 0. The zero-order chi connectivity index (χ0) is 10.2. The van der Waals surface area contributed by atoms with Crippen LogP contribution in [0.15, 0.2) is 11.1 Å². The lowest BCUT2D eigenvalue weighted by molar-refractivity contribution is 0.349. The molecule has 0 aromatic rings. The largest absolute Gasteiger partial charge is 0.387 e. The van der Waals surface area contributed by atoms with E-state index in [0.717, 1.165) is 0 Å². The molecule has 0 spiro atoms. The van der Waals surface area contributed by atoms with E-state index in [-0.39, 0.29) is 0 Å². The first kappa shape index (κ1) is 11.9. The van der Waals surface area contributed by atoms with Gasteiger partial charge >= 0.3 is 15.2 Å². The van der Waals surface area contributed by atoms with E-state index in [1.165, 1.54) is 0 Å². The normalized spacial score (nSPS) is 15.8. The molecule has 0 fully saturated rings. The fourth-order valence-corrected chi connectivity index (χ4v) is 1.50. The third-order valence-corrected chi connectivity index (χ3v) is 2.27. The van der Waals surface area contributed by atoms with Gasteiger partial charge < -0.3 is 19.6 Å². The van der Waals surface area contributed by atoms with Gasteiger partial charge in [0.25, 0.3) is 11.1 Å². The van der Waals surface area contributed by atoms with E-state index in [1.54, 1.807) is 0 Å². The summed E-state index contributed by atoms with van der Waals surface area (Å²) in [5.74, 6) is 0. The molecule has 0 aliphatic heterocycles. The smallest absolute Gasteiger partial charge is 0.319 e. The van der Waals surface area contributed by atoms with Gasteiger partial charge in [-0.1, -0.05) is 0 Å². The lowest BCUT2D eigenvalue weighted by atomic mass is 11.1. The van der Waals surface area contributed by atoms with Gasteiger partial charge in [0, 0.05) is 0 Å². The van der Waals surface area contributed by atoms with Crippen molar-refractivity contribution in [3.05, 3.63) is 11.1 Å². The monoisotopic (exact) mass is 224 g/mol. The highest BCUT2D eigenvalue weighted by molar-refractivity contribution is 7.60. The van der Waals surface area contributed by atoms with Gasteiger partial charge in [0.2, 0.25) is 0 Å². The maximum atomic E-state index is 12.0. The van der Waals surface area contributed by atoms with Crippen LogP contribution < -0.4 is 0 Å². The van der Waals surface area contributed by atoms with E-state index in [9.17, 15) is 17.9 Å². The molecule has 0 rings (SSSR count). The predicted octanol–water partition coefficient (Wildman–Crippen LogP) is 0.407. The Morgan fingerprint density at radius 2 is 1.00 bits per heavy atom. The molecule has 0 atom stereocenters. The number of halogens is 2. The molecule has 0 aliphatic carbocycles. The van der Waals surface area contributed by atoms with Crippen LogP contribution >= 0.6 is 15.2 Å². The second-order valence-electron chi connectivity index (χ2n) is 1.67. The zero-order valence-electron chi connectivity index (χ0n) is 5.26. The topological polar surface area (TPSA) is 115 Å². The first-order valence-electron chi connectivity index (χ1n) is 2.24. The Hall–Kier alpha value is -0.100. The molecule has 0 saturated heterocycles. The summed E-state index contributed by atoms with van der Waals surface area (Å²) in [5.41, 5.74) is -5.48. The van der Waals surface area contributed by atoms with E-state index < -0.39 is 26.3 Å². The maximum Gasteiger partial charge on any atom is 0.387 e. The molecule has 0 amide bonds. The summed E-state index contributed by atoms with van der Waals surface area (Å²) in [6.45, 7) is 0. The van der Waals surface area contributed by atoms with Crippen molar-refractivity contribution in [2.24, 2.45) is 0 Å². The van der Waals surface area contributed by atoms with Gasteiger partial charge in [-0.25, -0.2) is 0 Å². The Morgan fingerprint density at radius 3 is 1.08 bits per heavy atom. The standard InChI is InChI=1S/C2H4F2O6P2/c3-1(11(5,6)7)2(4)12(8,9)10/h(H2,5,6,7)(H2,8,9,10). The highest BCUT2D eigenvalue weighted by Gasteiger charge is 2.35. The fraction of sp³-hybridized carbons (Fsp3) is 0. The van der Waals surface area contributed by atoms with Crippen molar-refractivity contribution < 1.29 is 37.5 Å². The lowest BCUT2D eigenvalue weighted by Gasteiger charge is -2.03. The van der Waals surface area contributed by atoms with Crippen LogP contribution in [0.5, 0.6) is 0 Å². The SMILES string of the molecule is O=P(O)(O)C(F)=C(F)P(=O)(O)O. The van der Waals surface area contributed by atoms with Crippen molar-refractivity contribution in [2.75, 3.05) is 0 Å². The van der Waals surface area contributed by atoms with Crippen molar-refractivity contribution in [1.82, 2.24) is 0 Å². The summed E-state index contributed by atoms with van der Waals surface area (Å²) < 4.78 is 43.9. The number of rotatable bonds is 2. The average molecular weight is 224 g/mol. The second kappa shape index (κ2) is 3.33. The van der Waals surface area contributed by atoms with Crippen LogP contribution in [0.3, 0.4) is 0 Å². The Kier molecular flexibility index (Phi) is 3.31. The van der Waals surface area contributed by atoms with Crippen molar-refractivity contribution >= 4 is 15.2 Å². The number of hydrogen-bond donors (Lipinski definition) is 4. The fourth-order valence-electron chi connectivity index (χ4n) is 0.240. The second-order valence-corrected chi connectivity index (χ2v) is 4.63. The van der Waals surface area contributed by atoms with Crippen LogP contribution in [-0.2, 0) is 9.13 Å². The van der Waals surface area contributed by atoms with E-state index in [2.05, 4.69) is 0 Å². The Labute approximate surface area is 64.8 Å². The van der Waals surface area contributed by atoms with Gasteiger partial charge in [-0.3, -0.25) is 9.13 Å². The van der Waals surface area contributed by atoms with Crippen molar-refractivity contribution in [1.29, 1.82) is 0 Å². The first-order chi connectivity index (χ1) is 5.07. The third kappa shape index (κ3) is 3.10.